The van der Waals surface area contributed by atoms with Gasteiger partial charge in [-0.2, -0.15) is 13.2 Å². The first kappa shape index (κ1) is 21.5. The van der Waals surface area contributed by atoms with Crippen LogP contribution in [0.4, 0.5) is 13.2 Å². The number of alkyl halides is 3. The Morgan fingerprint density at radius 2 is 1.82 bits per heavy atom. The maximum Gasteiger partial charge on any atom is 0.416 e. The summed E-state index contributed by atoms with van der Waals surface area (Å²) in [5.41, 5.74) is -0.896. The van der Waals surface area contributed by atoms with Gasteiger partial charge in [0.15, 0.2) is 0 Å². The van der Waals surface area contributed by atoms with Gasteiger partial charge in [-0.05, 0) is 29.8 Å². The lowest BCUT2D eigenvalue weighted by Crippen LogP contribution is -2.34. The maximum absolute atomic E-state index is 12.7. The fraction of sp³-hybridized carbons (Fsp3) is 0.235. The number of pyridine rings is 1. The van der Waals surface area contributed by atoms with Crippen molar-refractivity contribution in [2.24, 2.45) is 0 Å². The predicted molar refractivity (Wildman–Crippen MR) is 91.4 cm³/mol. The molecule has 1 aromatic heterocycles. The van der Waals surface area contributed by atoms with Gasteiger partial charge in [0.05, 0.1) is 23.4 Å². The fourth-order valence-electron chi connectivity index (χ4n) is 2.33. The molecule has 1 unspecified atom stereocenters. The summed E-state index contributed by atoms with van der Waals surface area (Å²) in [4.78, 5) is 26.8. The molecule has 1 aromatic carbocycles. The van der Waals surface area contributed by atoms with Crippen LogP contribution >= 0.6 is 0 Å². The molecule has 0 radical (unpaired) electrons. The van der Waals surface area contributed by atoms with Gasteiger partial charge in [0, 0.05) is 12.6 Å². The highest BCUT2D eigenvalue weighted by Gasteiger charge is 2.32. The van der Waals surface area contributed by atoms with Crippen LogP contribution in [0.3, 0.4) is 0 Å². The van der Waals surface area contributed by atoms with E-state index in [1.165, 1.54) is 12.1 Å². The van der Waals surface area contributed by atoms with Crippen LogP contribution in [0.1, 0.15) is 38.8 Å². The van der Waals surface area contributed by atoms with Crippen LogP contribution in [0.2, 0.25) is 0 Å². The van der Waals surface area contributed by atoms with Gasteiger partial charge < -0.3 is 9.90 Å². The summed E-state index contributed by atoms with van der Waals surface area (Å²) in [5.74, 6) is -1.03. The highest BCUT2D eigenvalue weighted by Crippen LogP contribution is 2.32. The number of carbonyl (C=O) groups is 2. The van der Waals surface area contributed by atoms with Crippen LogP contribution in [0.15, 0.2) is 42.6 Å². The van der Waals surface area contributed by atoms with Crippen LogP contribution in [-0.2, 0) is 27.6 Å². The third-order valence-corrected chi connectivity index (χ3v) is 5.46. The van der Waals surface area contributed by atoms with E-state index in [1.807, 2.05) is 0 Å². The summed E-state index contributed by atoms with van der Waals surface area (Å²) >= 11 is 0. The molecule has 0 fully saturated rings. The normalized spacial score (nSPS) is 13.0. The quantitative estimate of drug-likeness (QED) is 0.668. The average molecular weight is 416 g/mol. The number of nitrogens with one attached hydrogen (secondary N) is 1. The molecule has 2 aromatic rings. The molecule has 0 bridgehead atoms. The summed E-state index contributed by atoms with van der Waals surface area (Å²) in [5, 5.41) is 7.36. The molecule has 0 aliphatic heterocycles. The fourth-order valence-corrected chi connectivity index (χ4v) is 3.69. The van der Waals surface area contributed by atoms with E-state index in [2.05, 4.69) is 4.98 Å². The van der Waals surface area contributed by atoms with Crippen molar-refractivity contribution in [1.29, 1.82) is 0 Å². The molecule has 7 nitrogen and oxygen atoms in total. The Morgan fingerprint density at radius 1 is 1.18 bits per heavy atom. The number of aliphatic hydroxyl groups excluding tert-OH is 1. The lowest BCUT2D eigenvalue weighted by molar-refractivity contribution is -0.137. The SMILES string of the molecule is O=CCC(c1ccc(C(F)(F)F)cc1)S(=O)(=O)NC(=O)c1ccc(CO)nc1. The van der Waals surface area contributed by atoms with E-state index < -0.39 is 39.3 Å². The largest absolute Gasteiger partial charge is 0.416 e. The smallest absolute Gasteiger partial charge is 0.390 e. The number of aromatic nitrogens is 1. The number of carbonyl (C=O) groups excluding carboxylic acids is 2. The molecular formula is C17H15F3N2O5S. The van der Waals surface area contributed by atoms with Crippen molar-refractivity contribution in [3.8, 4) is 0 Å². The Kier molecular flexibility index (Phi) is 6.52. The van der Waals surface area contributed by atoms with Gasteiger partial charge in [0.1, 0.15) is 11.5 Å². The molecule has 2 N–H and O–H groups in total. The van der Waals surface area contributed by atoms with Crippen LogP contribution in [0.25, 0.3) is 0 Å². The molecular weight excluding hydrogens is 401 g/mol. The highest BCUT2D eigenvalue weighted by molar-refractivity contribution is 7.90. The molecule has 0 saturated heterocycles. The third-order valence-electron chi connectivity index (χ3n) is 3.78. The second-order valence-corrected chi connectivity index (χ2v) is 7.55. The van der Waals surface area contributed by atoms with E-state index in [1.54, 1.807) is 4.72 Å². The molecule has 1 amide bonds. The molecule has 1 heterocycles. The third kappa shape index (κ3) is 5.14. The number of sulfonamides is 1. The van der Waals surface area contributed by atoms with E-state index in [4.69, 9.17) is 5.11 Å². The van der Waals surface area contributed by atoms with Gasteiger partial charge in [0.25, 0.3) is 5.91 Å². The van der Waals surface area contributed by atoms with Crippen molar-refractivity contribution in [1.82, 2.24) is 9.71 Å². The zero-order valence-electron chi connectivity index (χ0n) is 14.2. The number of aliphatic hydroxyl groups is 1. The molecule has 0 aliphatic carbocycles. The maximum atomic E-state index is 12.7. The second-order valence-electron chi connectivity index (χ2n) is 5.68. The van der Waals surface area contributed by atoms with Crippen molar-refractivity contribution in [3.63, 3.8) is 0 Å². The number of aldehydes is 1. The van der Waals surface area contributed by atoms with E-state index >= 15 is 0 Å². The topological polar surface area (TPSA) is 113 Å². The summed E-state index contributed by atoms with van der Waals surface area (Å²) in [7, 11) is -4.44. The lowest BCUT2D eigenvalue weighted by atomic mass is 10.1. The number of hydrogen-bond acceptors (Lipinski definition) is 6. The van der Waals surface area contributed by atoms with Crippen molar-refractivity contribution >= 4 is 22.2 Å². The van der Waals surface area contributed by atoms with Crippen LogP contribution in [-0.4, -0.2) is 30.7 Å². The standard InChI is InChI=1S/C17H15F3N2O5S/c18-17(19,20)13-4-1-11(2-5-13)15(7-8-23)28(26,27)22-16(25)12-3-6-14(10-24)21-9-12/h1-6,8-9,15,24H,7,10H2,(H,22,25). The molecule has 0 aliphatic rings. The number of amides is 1. The minimum absolute atomic E-state index is 0.0749. The first-order chi connectivity index (χ1) is 13.1. The molecule has 0 spiro atoms. The van der Waals surface area contributed by atoms with E-state index in [9.17, 15) is 31.2 Å². The molecule has 28 heavy (non-hydrogen) atoms. The van der Waals surface area contributed by atoms with Gasteiger partial charge in [0.2, 0.25) is 10.0 Å². The summed E-state index contributed by atoms with van der Waals surface area (Å²) in [6, 6.07) is 5.84. The van der Waals surface area contributed by atoms with Crippen LogP contribution in [0, 0.1) is 0 Å². The van der Waals surface area contributed by atoms with Crippen LogP contribution < -0.4 is 4.72 Å². The van der Waals surface area contributed by atoms with Crippen molar-refractivity contribution in [2.75, 3.05) is 0 Å². The predicted octanol–water partition coefficient (Wildman–Crippen LogP) is 1.98. The van der Waals surface area contributed by atoms with Crippen molar-refractivity contribution in [2.45, 2.75) is 24.5 Å². The van der Waals surface area contributed by atoms with Crippen LogP contribution in [0.5, 0.6) is 0 Å². The molecule has 0 saturated carbocycles. The zero-order chi connectivity index (χ0) is 20.9. The first-order valence-corrected chi connectivity index (χ1v) is 9.35. The minimum Gasteiger partial charge on any atom is -0.390 e. The second kappa shape index (κ2) is 8.48. The van der Waals surface area contributed by atoms with Gasteiger partial charge in [-0.1, -0.05) is 12.1 Å². The average Bonchev–Trinajstić information content (AvgIpc) is 2.65. The molecule has 1 atom stereocenters. The first-order valence-electron chi connectivity index (χ1n) is 7.81. The Balaban J connectivity index is 2.27. The van der Waals surface area contributed by atoms with Gasteiger partial charge in [-0.3, -0.25) is 9.78 Å². The van der Waals surface area contributed by atoms with E-state index in [0.717, 1.165) is 18.3 Å². The van der Waals surface area contributed by atoms with E-state index in [0.29, 0.717) is 18.4 Å². The molecule has 11 heteroatoms. The Labute approximate surface area is 158 Å². The highest BCUT2D eigenvalue weighted by atomic mass is 32.2. The number of nitrogens with zero attached hydrogens (tertiary/aromatic N) is 1. The Hall–Kier alpha value is -2.79. The summed E-state index contributed by atoms with van der Waals surface area (Å²) in [6.07, 6.45) is -3.80. The number of benzene rings is 1. The van der Waals surface area contributed by atoms with E-state index in [-0.39, 0.29) is 23.4 Å². The minimum atomic E-state index is -4.60. The van der Waals surface area contributed by atoms with Gasteiger partial charge >= 0.3 is 6.18 Å². The monoisotopic (exact) mass is 416 g/mol. The molecule has 2 rings (SSSR count). The molecule has 150 valence electrons. The Morgan fingerprint density at radius 3 is 2.29 bits per heavy atom. The number of rotatable bonds is 7. The van der Waals surface area contributed by atoms with Gasteiger partial charge in [-0.25, -0.2) is 13.1 Å². The Bertz CT molecular complexity index is 942. The number of halogens is 3. The van der Waals surface area contributed by atoms with Crippen molar-refractivity contribution in [3.05, 3.63) is 65.0 Å². The van der Waals surface area contributed by atoms with Gasteiger partial charge in [-0.15, -0.1) is 0 Å². The van der Waals surface area contributed by atoms with Crippen molar-refractivity contribution < 1.29 is 36.3 Å². The lowest BCUT2D eigenvalue weighted by Gasteiger charge is -2.17. The summed E-state index contributed by atoms with van der Waals surface area (Å²) < 4.78 is 64.9. The number of hydrogen-bond donors (Lipinski definition) is 2. The summed E-state index contributed by atoms with van der Waals surface area (Å²) in [6.45, 7) is -0.366. The zero-order valence-corrected chi connectivity index (χ0v) is 15.0.